The first-order chi connectivity index (χ1) is 18.7. The number of carboxylic acids is 1. The number of unbranched alkanes of at least 4 members (excludes halogenated alkanes) is 25. The van der Waals surface area contributed by atoms with Crippen molar-refractivity contribution in [3.63, 3.8) is 0 Å². The molecule has 2 nitrogen and oxygen atoms in total. The summed E-state index contributed by atoms with van der Waals surface area (Å²) < 4.78 is 0. The highest BCUT2D eigenvalue weighted by atomic mass is 16.4. The minimum absolute atomic E-state index is 0.109. The first kappa shape index (κ1) is 37.2. The van der Waals surface area contributed by atoms with Crippen LogP contribution in [0.1, 0.15) is 206 Å². The van der Waals surface area contributed by atoms with Crippen LogP contribution in [0, 0.1) is 5.92 Å². The maximum atomic E-state index is 11.6. The van der Waals surface area contributed by atoms with E-state index in [0.29, 0.717) is 0 Å². The van der Waals surface area contributed by atoms with E-state index in [9.17, 15) is 9.90 Å². The van der Waals surface area contributed by atoms with Crippen molar-refractivity contribution in [1.29, 1.82) is 0 Å². The van der Waals surface area contributed by atoms with E-state index in [4.69, 9.17) is 0 Å². The number of allylic oxidation sites excluding steroid dienone is 2. The molecule has 0 heterocycles. The average molecular weight is 535 g/mol. The van der Waals surface area contributed by atoms with Crippen LogP contribution in [0.2, 0.25) is 0 Å². The molecule has 0 aromatic carbocycles. The fourth-order valence-electron chi connectivity index (χ4n) is 5.61. The van der Waals surface area contributed by atoms with Gasteiger partial charge < -0.3 is 5.11 Å². The molecule has 0 aliphatic heterocycles. The molecule has 0 aliphatic rings. The third kappa shape index (κ3) is 29.8. The third-order valence-electron chi connectivity index (χ3n) is 8.32. The van der Waals surface area contributed by atoms with Crippen LogP contribution in [0.5, 0.6) is 0 Å². The first-order valence-corrected chi connectivity index (χ1v) is 17.6. The summed E-state index contributed by atoms with van der Waals surface area (Å²) in [4.78, 5) is 11.6. The first-order valence-electron chi connectivity index (χ1n) is 17.6. The van der Waals surface area contributed by atoms with E-state index in [1.165, 1.54) is 167 Å². The zero-order chi connectivity index (χ0) is 27.8. The largest absolute Gasteiger partial charge is 0.481 e. The van der Waals surface area contributed by atoms with E-state index in [-0.39, 0.29) is 5.92 Å². The molecule has 0 aromatic heterocycles. The van der Waals surface area contributed by atoms with Gasteiger partial charge in [-0.05, 0) is 38.5 Å². The van der Waals surface area contributed by atoms with Crippen LogP contribution >= 0.6 is 0 Å². The number of aliphatic carboxylic acids is 1. The highest BCUT2D eigenvalue weighted by Gasteiger charge is 2.16. The van der Waals surface area contributed by atoms with Crippen LogP contribution < -0.4 is 0 Å². The second-order valence-corrected chi connectivity index (χ2v) is 12.1. The van der Waals surface area contributed by atoms with Crippen LogP contribution in [-0.4, -0.2) is 11.1 Å². The zero-order valence-electron chi connectivity index (χ0n) is 26.3. The van der Waals surface area contributed by atoms with Gasteiger partial charge >= 0.3 is 5.97 Å². The number of rotatable bonds is 32. The summed E-state index contributed by atoms with van der Waals surface area (Å²) in [5.74, 6) is -0.673. The lowest BCUT2D eigenvalue weighted by atomic mass is 9.94. The van der Waals surface area contributed by atoms with Gasteiger partial charge in [-0.15, -0.1) is 0 Å². The summed E-state index contributed by atoms with van der Waals surface area (Å²) in [6.45, 7) is 4.56. The fourth-order valence-corrected chi connectivity index (χ4v) is 5.61. The molecule has 0 aromatic rings. The van der Waals surface area contributed by atoms with Gasteiger partial charge in [0.25, 0.3) is 0 Å². The standard InChI is InChI=1S/C36H70O2/c1-3-5-7-9-11-13-15-17-19-20-22-24-26-28-30-32-34-35(36(37)38)33-31-29-27-25-23-21-18-16-14-12-10-8-6-4-2/h16,18,35H,3-15,17,19-34H2,1-2H3,(H,37,38). The van der Waals surface area contributed by atoms with Crippen LogP contribution in [0.15, 0.2) is 12.2 Å². The van der Waals surface area contributed by atoms with Crippen LogP contribution in [0.3, 0.4) is 0 Å². The lowest BCUT2D eigenvalue weighted by Gasteiger charge is -2.12. The van der Waals surface area contributed by atoms with E-state index in [2.05, 4.69) is 26.0 Å². The molecule has 1 N–H and O–H groups in total. The van der Waals surface area contributed by atoms with E-state index in [0.717, 1.165) is 25.7 Å². The lowest BCUT2D eigenvalue weighted by Crippen LogP contribution is -2.13. The molecule has 0 amide bonds. The second kappa shape index (κ2) is 32.4. The molecule has 0 rings (SSSR count). The molecule has 0 bridgehead atoms. The van der Waals surface area contributed by atoms with E-state index in [1.54, 1.807) is 0 Å². The maximum absolute atomic E-state index is 11.6. The Morgan fingerprint density at radius 2 is 0.711 bits per heavy atom. The number of hydrogen-bond donors (Lipinski definition) is 1. The maximum Gasteiger partial charge on any atom is 0.306 e. The molecule has 0 spiro atoms. The molecule has 38 heavy (non-hydrogen) atoms. The quantitative estimate of drug-likeness (QED) is 0.0688. The molecule has 0 saturated carbocycles. The van der Waals surface area contributed by atoms with Crippen molar-refractivity contribution in [2.75, 3.05) is 0 Å². The smallest absolute Gasteiger partial charge is 0.306 e. The molecule has 0 aliphatic carbocycles. The lowest BCUT2D eigenvalue weighted by molar-refractivity contribution is -0.142. The fraction of sp³-hybridized carbons (Fsp3) is 0.917. The summed E-state index contributed by atoms with van der Waals surface area (Å²) in [5.41, 5.74) is 0. The van der Waals surface area contributed by atoms with Crippen LogP contribution in [0.4, 0.5) is 0 Å². The van der Waals surface area contributed by atoms with Gasteiger partial charge in [-0.1, -0.05) is 180 Å². The molecule has 1 atom stereocenters. The second-order valence-electron chi connectivity index (χ2n) is 12.1. The van der Waals surface area contributed by atoms with E-state index in [1.807, 2.05) is 0 Å². The van der Waals surface area contributed by atoms with Crippen molar-refractivity contribution in [3.8, 4) is 0 Å². The van der Waals surface area contributed by atoms with Crippen molar-refractivity contribution in [1.82, 2.24) is 0 Å². The van der Waals surface area contributed by atoms with Gasteiger partial charge in [-0.3, -0.25) is 4.79 Å². The summed E-state index contributed by atoms with van der Waals surface area (Å²) in [7, 11) is 0. The van der Waals surface area contributed by atoms with E-state index < -0.39 is 5.97 Å². The number of hydrogen-bond acceptors (Lipinski definition) is 1. The van der Waals surface area contributed by atoms with Crippen molar-refractivity contribution >= 4 is 5.97 Å². The van der Waals surface area contributed by atoms with Crippen molar-refractivity contribution < 1.29 is 9.90 Å². The zero-order valence-corrected chi connectivity index (χ0v) is 26.3. The summed E-state index contributed by atoms with van der Waals surface area (Å²) >= 11 is 0. The average Bonchev–Trinajstić information content (AvgIpc) is 2.91. The third-order valence-corrected chi connectivity index (χ3v) is 8.32. The molecule has 0 saturated heterocycles. The predicted octanol–water partition coefficient (Wildman–Crippen LogP) is 13.0. The van der Waals surface area contributed by atoms with Crippen molar-refractivity contribution in [3.05, 3.63) is 12.2 Å². The Hall–Kier alpha value is -0.790. The minimum Gasteiger partial charge on any atom is -0.481 e. The van der Waals surface area contributed by atoms with Gasteiger partial charge in [0.05, 0.1) is 5.92 Å². The minimum atomic E-state index is -0.564. The van der Waals surface area contributed by atoms with E-state index >= 15 is 0 Å². The van der Waals surface area contributed by atoms with Gasteiger partial charge in [0.1, 0.15) is 0 Å². The molecule has 226 valence electrons. The molecule has 0 fully saturated rings. The molecule has 0 radical (unpaired) electrons. The summed E-state index contributed by atoms with van der Waals surface area (Å²) in [6, 6.07) is 0. The Kier molecular flexibility index (Phi) is 31.7. The van der Waals surface area contributed by atoms with Gasteiger partial charge in [0.15, 0.2) is 0 Å². The Bertz CT molecular complexity index is 484. The van der Waals surface area contributed by atoms with Gasteiger partial charge in [-0.25, -0.2) is 0 Å². The Morgan fingerprint density at radius 1 is 0.447 bits per heavy atom. The summed E-state index contributed by atoms with van der Waals surface area (Å²) in [5, 5.41) is 9.60. The van der Waals surface area contributed by atoms with Crippen molar-refractivity contribution in [2.24, 2.45) is 5.92 Å². The van der Waals surface area contributed by atoms with Gasteiger partial charge in [-0.2, -0.15) is 0 Å². The predicted molar refractivity (Wildman–Crippen MR) is 170 cm³/mol. The monoisotopic (exact) mass is 535 g/mol. The molecular formula is C36H70O2. The highest BCUT2D eigenvalue weighted by Crippen LogP contribution is 2.20. The topological polar surface area (TPSA) is 37.3 Å². The Labute approximate surface area is 240 Å². The number of carbonyl (C=O) groups is 1. The van der Waals surface area contributed by atoms with Crippen LogP contribution in [0.25, 0.3) is 0 Å². The Morgan fingerprint density at radius 3 is 1.00 bits per heavy atom. The highest BCUT2D eigenvalue weighted by molar-refractivity contribution is 5.69. The van der Waals surface area contributed by atoms with Gasteiger partial charge in [0, 0.05) is 0 Å². The molecule has 2 heteroatoms. The molecule has 1 unspecified atom stereocenters. The Balaban J connectivity index is 3.43. The van der Waals surface area contributed by atoms with Crippen LogP contribution in [-0.2, 0) is 4.79 Å². The SMILES string of the molecule is CCCCCCCC=CCCCCCCCC(CCCCCCCCCCCCCCCCCC)C(=O)O. The van der Waals surface area contributed by atoms with Gasteiger partial charge in [0.2, 0.25) is 0 Å². The van der Waals surface area contributed by atoms with Crippen molar-refractivity contribution in [2.45, 2.75) is 206 Å². The summed E-state index contributed by atoms with van der Waals surface area (Å²) in [6.07, 6.45) is 43.9. The molecular weight excluding hydrogens is 464 g/mol. The normalized spacial score (nSPS) is 12.5. The number of carboxylic acid groups (broad SMARTS) is 1.